The molecular weight excluding hydrogens is 285 g/mol. The lowest BCUT2D eigenvalue weighted by molar-refractivity contribution is -0.205. The summed E-state index contributed by atoms with van der Waals surface area (Å²) in [5.74, 6) is 0.0357. The van der Waals surface area contributed by atoms with E-state index in [0.29, 0.717) is 0 Å². The van der Waals surface area contributed by atoms with Crippen molar-refractivity contribution in [3.05, 3.63) is 0 Å². The Labute approximate surface area is 117 Å². The highest BCUT2D eigenvalue weighted by atomic mass is 35.5. The number of nitrogens with zero attached hydrogens (tertiary/aromatic N) is 1. The normalized spacial score (nSPS) is 21.0. The third-order valence-electron chi connectivity index (χ3n) is 2.57. The van der Waals surface area contributed by atoms with Gasteiger partial charge in [0.1, 0.15) is 13.6 Å². The molecule has 18 heavy (non-hydrogen) atoms. The summed E-state index contributed by atoms with van der Waals surface area (Å²) in [4.78, 5) is 12.4. The summed E-state index contributed by atoms with van der Waals surface area (Å²) in [6.07, 6.45) is -6.78. The van der Waals surface area contributed by atoms with E-state index in [-0.39, 0.29) is 24.8 Å². The molecule has 108 valence electrons. The van der Waals surface area contributed by atoms with Crippen LogP contribution in [0, 0.1) is 0 Å². The zero-order chi connectivity index (χ0) is 15.2. The van der Waals surface area contributed by atoms with Crippen molar-refractivity contribution in [1.29, 1.82) is 0 Å². The fraction of sp³-hybridized carbons (Fsp3) is 0.900. The Morgan fingerprint density at radius 2 is 1.78 bits per heavy atom. The molecule has 6 nitrogen and oxygen atoms in total. The number of aldehydes is 1. The molecule has 0 amide bonds. The van der Waals surface area contributed by atoms with E-state index in [1.807, 2.05) is 0 Å². The summed E-state index contributed by atoms with van der Waals surface area (Å²) in [5, 5.41) is 38.9. The number of rotatable bonds is 9. The molecular formula is C10H19Cl2NO5. The van der Waals surface area contributed by atoms with Gasteiger partial charge in [-0.3, -0.25) is 9.69 Å². The number of carbonyl (C=O) groups is 1. The van der Waals surface area contributed by atoms with Crippen molar-refractivity contribution in [3.8, 4) is 0 Å². The van der Waals surface area contributed by atoms with Crippen molar-refractivity contribution < 1.29 is 26.6 Å². The molecule has 0 saturated heterocycles. The number of aliphatic hydroxyl groups is 4. The van der Waals surface area contributed by atoms with Crippen LogP contribution in [0.3, 0.4) is 0 Å². The average Bonchev–Trinajstić information content (AvgIpc) is 2.35. The summed E-state index contributed by atoms with van der Waals surface area (Å²) in [6.45, 7) is 1.12. The van der Waals surface area contributed by atoms with Crippen LogP contribution in [0.2, 0.25) is 0 Å². The molecule has 4 atom stereocenters. The minimum atomic E-state index is -2.68. The second-order valence-corrected chi connectivity index (χ2v) is 4.63. The molecule has 0 fully saturated rings. The summed E-state index contributed by atoms with van der Waals surface area (Å²) in [7, 11) is 0. The van der Waals surface area contributed by atoms with Crippen molar-refractivity contribution in [2.75, 3.05) is 24.8 Å². The van der Waals surface area contributed by atoms with Crippen LogP contribution >= 0.6 is 23.2 Å². The van der Waals surface area contributed by atoms with Crippen molar-refractivity contribution in [1.82, 2.24) is 4.90 Å². The standard InChI is InChI=1S/C10H19Cl2NO5/c1-7(15)8(16)9(17)10(18,6-14)13(4-2-11)5-3-12/h6-9,15-18H,2-5H2,1H3/t7-,8-,9+,10+/m1/s1/i6D. The first-order chi connectivity index (χ1) is 8.73. The van der Waals surface area contributed by atoms with Crippen LogP contribution in [0.1, 0.15) is 8.29 Å². The highest BCUT2D eigenvalue weighted by Crippen LogP contribution is 2.19. The van der Waals surface area contributed by atoms with Crippen LogP contribution < -0.4 is 0 Å². The van der Waals surface area contributed by atoms with Crippen LogP contribution in [0.5, 0.6) is 0 Å². The summed E-state index contributed by atoms with van der Waals surface area (Å²) in [6, 6.07) is 0. The van der Waals surface area contributed by atoms with Crippen LogP contribution in [0.4, 0.5) is 0 Å². The highest BCUT2D eigenvalue weighted by molar-refractivity contribution is 6.18. The lowest BCUT2D eigenvalue weighted by atomic mass is 9.97. The van der Waals surface area contributed by atoms with Gasteiger partial charge in [0, 0.05) is 24.8 Å². The summed E-state index contributed by atoms with van der Waals surface area (Å²) in [5.41, 5.74) is -2.68. The van der Waals surface area contributed by atoms with Gasteiger partial charge < -0.3 is 20.4 Å². The highest BCUT2D eigenvalue weighted by Gasteiger charge is 2.45. The van der Waals surface area contributed by atoms with Crippen molar-refractivity contribution >= 4 is 29.5 Å². The number of hydrogen-bond donors (Lipinski definition) is 4. The largest absolute Gasteiger partial charge is 0.391 e. The fourth-order valence-corrected chi connectivity index (χ4v) is 1.88. The zero-order valence-electron chi connectivity index (χ0n) is 11.0. The average molecular weight is 305 g/mol. The van der Waals surface area contributed by atoms with Gasteiger partial charge in [-0.15, -0.1) is 23.2 Å². The third kappa shape index (κ3) is 4.31. The SMILES string of the molecule is [2H]C(=O)[C@](O)([C@@H](O)[C@H](O)[C@@H](C)O)N(CCCl)CCCl. The molecule has 0 aromatic rings. The van der Waals surface area contributed by atoms with E-state index < -0.39 is 30.3 Å². The topological polar surface area (TPSA) is 101 Å². The van der Waals surface area contributed by atoms with E-state index in [0.717, 1.165) is 4.90 Å². The Balaban J connectivity index is 5.36. The van der Waals surface area contributed by atoms with E-state index >= 15 is 0 Å². The molecule has 4 N–H and O–H groups in total. The molecule has 0 aromatic heterocycles. The van der Waals surface area contributed by atoms with E-state index in [2.05, 4.69) is 0 Å². The molecule has 0 heterocycles. The van der Waals surface area contributed by atoms with Gasteiger partial charge in [-0.2, -0.15) is 0 Å². The first kappa shape index (κ1) is 16.1. The van der Waals surface area contributed by atoms with Crippen molar-refractivity contribution in [2.24, 2.45) is 0 Å². The van der Waals surface area contributed by atoms with Crippen LogP contribution in [-0.4, -0.2) is 80.5 Å². The minimum Gasteiger partial charge on any atom is -0.391 e. The quantitative estimate of drug-likeness (QED) is 0.241. The predicted octanol–water partition coefficient (Wildman–Crippen LogP) is -1.24. The van der Waals surface area contributed by atoms with E-state index in [4.69, 9.17) is 24.6 Å². The van der Waals surface area contributed by atoms with Gasteiger partial charge in [-0.25, -0.2) is 0 Å². The lowest BCUT2D eigenvalue weighted by Crippen LogP contribution is -2.64. The Hall–Kier alpha value is 0.0500. The van der Waals surface area contributed by atoms with Crippen molar-refractivity contribution in [3.63, 3.8) is 0 Å². The fourth-order valence-electron chi connectivity index (χ4n) is 1.47. The molecule has 0 aliphatic carbocycles. The van der Waals surface area contributed by atoms with Gasteiger partial charge in [0.25, 0.3) is 0 Å². The maximum Gasteiger partial charge on any atom is 0.204 e. The third-order valence-corrected chi connectivity index (χ3v) is 2.91. The maximum atomic E-state index is 11.4. The van der Waals surface area contributed by atoms with Gasteiger partial charge in [-0.1, -0.05) is 0 Å². The van der Waals surface area contributed by atoms with E-state index in [9.17, 15) is 25.2 Å². The minimum absolute atomic E-state index is 0.0178. The Bertz CT molecular complexity index is 287. The molecule has 0 spiro atoms. The van der Waals surface area contributed by atoms with Crippen molar-refractivity contribution in [2.45, 2.75) is 31.0 Å². The number of halogens is 2. The Morgan fingerprint density at radius 3 is 2.06 bits per heavy atom. The van der Waals surface area contributed by atoms with Gasteiger partial charge in [0.2, 0.25) is 5.72 Å². The predicted molar refractivity (Wildman–Crippen MR) is 67.7 cm³/mol. The molecule has 0 radical (unpaired) electrons. The number of carbonyl (C=O) groups excluding carboxylic acids is 1. The molecule has 0 aromatic carbocycles. The van der Waals surface area contributed by atoms with Gasteiger partial charge >= 0.3 is 0 Å². The molecule has 8 heteroatoms. The smallest absolute Gasteiger partial charge is 0.204 e. The van der Waals surface area contributed by atoms with E-state index in [1.165, 1.54) is 6.92 Å². The molecule has 0 bridgehead atoms. The molecule has 0 saturated carbocycles. The number of hydrogen-bond acceptors (Lipinski definition) is 6. The second-order valence-electron chi connectivity index (χ2n) is 3.87. The zero-order valence-corrected chi connectivity index (χ0v) is 11.5. The van der Waals surface area contributed by atoms with Crippen LogP contribution in [0.25, 0.3) is 0 Å². The van der Waals surface area contributed by atoms with Crippen LogP contribution in [0.15, 0.2) is 0 Å². The van der Waals surface area contributed by atoms with E-state index in [1.54, 1.807) is 0 Å². The number of aliphatic hydroxyl groups excluding tert-OH is 3. The summed E-state index contributed by atoms with van der Waals surface area (Å²) < 4.78 is 7.11. The first-order valence-electron chi connectivity index (χ1n) is 5.88. The first-order valence-corrected chi connectivity index (χ1v) is 6.44. The Kier molecular flexibility index (Phi) is 7.40. The van der Waals surface area contributed by atoms with Crippen LogP contribution in [-0.2, 0) is 4.79 Å². The Morgan fingerprint density at radius 1 is 1.33 bits per heavy atom. The monoisotopic (exact) mass is 304 g/mol. The van der Waals surface area contributed by atoms with Gasteiger partial charge in [-0.05, 0) is 6.92 Å². The van der Waals surface area contributed by atoms with Gasteiger partial charge in [0.05, 0.1) is 6.10 Å². The molecule has 0 unspecified atom stereocenters. The number of alkyl halides is 2. The summed E-state index contributed by atoms with van der Waals surface area (Å²) >= 11 is 11.1. The maximum absolute atomic E-state index is 11.4. The molecule has 0 aliphatic heterocycles. The second kappa shape index (κ2) is 8.27. The molecule has 0 rings (SSSR count). The molecule has 0 aliphatic rings. The lowest BCUT2D eigenvalue weighted by Gasteiger charge is -2.40. The van der Waals surface area contributed by atoms with Gasteiger partial charge in [0.15, 0.2) is 6.26 Å².